The number of nitrogens with zero attached hydrogens (tertiary/aromatic N) is 2. The summed E-state index contributed by atoms with van der Waals surface area (Å²) in [6.45, 7) is 0.953. The number of rotatable bonds is 4. The van der Waals surface area contributed by atoms with Gasteiger partial charge in [-0.2, -0.15) is 5.10 Å². The SMILES string of the molecule is CS(=O)(=O)c1cnn(C2(CC(=O)O)CNC2)c1. The summed E-state index contributed by atoms with van der Waals surface area (Å²) in [7, 11) is -3.31. The Balaban J connectivity index is 2.33. The smallest absolute Gasteiger partial charge is 0.305 e. The molecule has 0 atom stereocenters. The summed E-state index contributed by atoms with van der Waals surface area (Å²) >= 11 is 0. The van der Waals surface area contributed by atoms with Crippen molar-refractivity contribution in [2.75, 3.05) is 19.3 Å². The Bertz CT molecular complexity index is 544. The van der Waals surface area contributed by atoms with Crippen LogP contribution >= 0.6 is 0 Å². The van der Waals surface area contributed by atoms with Crippen LogP contribution in [0.2, 0.25) is 0 Å². The molecule has 8 heteroatoms. The minimum absolute atomic E-state index is 0.0785. The third-order valence-electron chi connectivity index (χ3n) is 2.86. The van der Waals surface area contributed by atoms with Crippen LogP contribution in [0.25, 0.3) is 0 Å². The fraction of sp³-hybridized carbons (Fsp3) is 0.556. The van der Waals surface area contributed by atoms with Gasteiger partial charge in [-0.15, -0.1) is 0 Å². The lowest BCUT2D eigenvalue weighted by Crippen LogP contribution is -2.61. The molecule has 2 N–H and O–H groups in total. The lowest BCUT2D eigenvalue weighted by Gasteiger charge is -2.41. The second-order valence-electron chi connectivity index (χ2n) is 4.29. The molecule has 1 aromatic heterocycles. The van der Waals surface area contributed by atoms with Gasteiger partial charge in [-0.3, -0.25) is 9.48 Å². The van der Waals surface area contributed by atoms with Crippen LogP contribution in [0, 0.1) is 0 Å². The number of aromatic nitrogens is 2. The maximum absolute atomic E-state index is 11.3. The minimum Gasteiger partial charge on any atom is -0.481 e. The van der Waals surface area contributed by atoms with Crippen molar-refractivity contribution in [3.05, 3.63) is 12.4 Å². The molecule has 0 spiro atoms. The fourth-order valence-electron chi connectivity index (χ4n) is 1.82. The molecule has 0 saturated carbocycles. The van der Waals surface area contributed by atoms with Gasteiger partial charge in [0.2, 0.25) is 0 Å². The normalized spacial score (nSPS) is 18.6. The maximum atomic E-state index is 11.3. The first-order chi connectivity index (χ1) is 7.83. The number of hydrogen-bond donors (Lipinski definition) is 2. The van der Waals surface area contributed by atoms with Crippen LogP contribution in [0.1, 0.15) is 6.42 Å². The second-order valence-corrected chi connectivity index (χ2v) is 6.31. The van der Waals surface area contributed by atoms with Crippen LogP contribution in [-0.2, 0) is 20.2 Å². The van der Waals surface area contributed by atoms with Crippen molar-refractivity contribution in [1.29, 1.82) is 0 Å². The zero-order valence-corrected chi connectivity index (χ0v) is 10.1. The van der Waals surface area contributed by atoms with Gasteiger partial charge in [0, 0.05) is 25.5 Å². The number of carboxylic acids is 1. The van der Waals surface area contributed by atoms with Crippen molar-refractivity contribution in [2.45, 2.75) is 16.9 Å². The van der Waals surface area contributed by atoms with E-state index in [0.29, 0.717) is 13.1 Å². The standard InChI is InChI=1S/C9H13N3O4S/c1-17(15,16)7-3-11-12(4-7)9(2-8(13)14)5-10-6-9/h3-4,10H,2,5-6H2,1H3,(H,13,14). The van der Waals surface area contributed by atoms with E-state index in [1.165, 1.54) is 17.1 Å². The van der Waals surface area contributed by atoms with Gasteiger partial charge in [0.25, 0.3) is 0 Å². The van der Waals surface area contributed by atoms with Gasteiger partial charge in [-0.05, 0) is 0 Å². The van der Waals surface area contributed by atoms with Crippen molar-refractivity contribution in [2.24, 2.45) is 0 Å². The molecular weight excluding hydrogens is 246 g/mol. The highest BCUT2D eigenvalue weighted by molar-refractivity contribution is 7.90. The highest BCUT2D eigenvalue weighted by atomic mass is 32.2. The molecule has 2 rings (SSSR count). The first-order valence-corrected chi connectivity index (χ1v) is 6.90. The molecule has 0 unspecified atom stereocenters. The Morgan fingerprint density at radius 2 is 2.29 bits per heavy atom. The summed E-state index contributed by atoms with van der Waals surface area (Å²) in [5.74, 6) is -0.928. The largest absolute Gasteiger partial charge is 0.481 e. The highest BCUT2D eigenvalue weighted by Gasteiger charge is 2.42. The van der Waals surface area contributed by atoms with Gasteiger partial charge in [-0.1, -0.05) is 0 Å². The quantitative estimate of drug-likeness (QED) is 0.723. The molecule has 0 amide bonds. The fourth-order valence-corrected chi connectivity index (χ4v) is 2.35. The third-order valence-corrected chi connectivity index (χ3v) is 3.93. The maximum Gasteiger partial charge on any atom is 0.305 e. The van der Waals surface area contributed by atoms with Crippen LogP contribution in [0.3, 0.4) is 0 Å². The Morgan fingerprint density at radius 1 is 1.65 bits per heavy atom. The van der Waals surface area contributed by atoms with Crippen molar-refractivity contribution in [3.8, 4) is 0 Å². The molecule has 2 heterocycles. The Kier molecular flexibility index (Phi) is 2.70. The first kappa shape index (κ1) is 12.1. The van der Waals surface area contributed by atoms with Crippen LogP contribution < -0.4 is 5.32 Å². The average Bonchev–Trinajstić information content (AvgIpc) is 2.58. The molecule has 17 heavy (non-hydrogen) atoms. The molecule has 1 saturated heterocycles. The van der Waals surface area contributed by atoms with Gasteiger partial charge < -0.3 is 10.4 Å². The molecule has 1 aromatic rings. The number of carboxylic acid groups (broad SMARTS) is 1. The second kappa shape index (κ2) is 3.81. The van der Waals surface area contributed by atoms with Crippen molar-refractivity contribution in [3.63, 3.8) is 0 Å². The number of hydrogen-bond acceptors (Lipinski definition) is 5. The number of nitrogens with one attached hydrogen (secondary N) is 1. The van der Waals surface area contributed by atoms with Gasteiger partial charge in [-0.25, -0.2) is 8.42 Å². The Hall–Kier alpha value is -1.41. The van der Waals surface area contributed by atoms with Crippen LogP contribution in [0.15, 0.2) is 17.3 Å². The zero-order chi connectivity index (χ0) is 12.7. The van der Waals surface area contributed by atoms with E-state index in [1.807, 2.05) is 0 Å². The van der Waals surface area contributed by atoms with E-state index in [0.717, 1.165) is 6.26 Å². The van der Waals surface area contributed by atoms with Crippen LogP contribution in [-0.4, -0.2) is 48.6 Å². The number of sulfone groups is 1. The molecule has 1 aliphatic heterocycles. The monoisotopic (exact) mass is 259 g/mol. The van der Waals surface area contributed by atoms with E-state index in [2.05, 4.69) is 10.4 Å². The molecule has 0 bridgehead atoms. The molecule has 7 nitrogen and oxygen atoms in total. The topological polar surface area (TPSA) is 101 Å². The molecule has 1 aliphatic rings. The Labute approximate surface area is 98.4 Å². The summed E-state index contributed by atoms with van der Waals surface area (Å²) in [6.07, 6.45) is 3.65. The van der Waals surface area contributed by atoms with Crippen molar-refractivity contribution >= 4 is 15.8 Å². The lowest BCUT2D eigenvalue weighted by molar-refractivity contribution is -0.140. The summed E-state index contributed by atoms with van der Waals surface area (Å²) < 4.78 is 24.1. The number of aliphatic carboxylic acids is 1. The summed E-state index contributed by atoms with van der Waals surface area (Å²) in [5.41, 5.74) is -0.644. The molecule has 0 aromatic carbocycles. The molecular formula is C9H13N3O4S. The van der Waals surface area contributed by atoms with E-state index in [-0.39, 0.29) is 11.3 Å². The van der Waals surface area contributed by atoms with E-state index < -0.39 is 21.3 Å². The Morgan fingerprint density at radius 3 is 2.65 bits per heavy atom. The van der Waals surface area contributed by atoms with E-state index in [1.54, 1.807) is 0 Å². The third kappa shape index (κ3) is 2.18. The van der Waals surface area contributed by atoms with Gasteiger partial charge in [0.15, 0.2) is 9.84 Å². The van der Waals surface area contributed by atoms with Crippen molar-refractivity contribution in [1.82, 2.24) is 15.1 Å². The molecule has 0 aliphatic carbocycles. The molecule has 94 valence electrons. The number of carbonyl (C=O) groups is 1. The first-order valence-electron chi connectivity index (χ1n) is 5.01. The molecule has 0 radical (unpaired) electrons. The predicted octanol–water partition coefficient (Wildman–Crippen LogP) is -0.940. The van der Waals surface area contributed by atoms with Gasteiger partial charge >= 0.3 is 5.97 Å². The zero-order valence-electron chi connectivity index (χ0n) is 9.25. The van der Waals surface area contributed by atoms with Crippen LogP contribution in [0.5, 0.6) is 0 Å². The lowest BCUT2D eigenvalue weighted by atomic mass is 9.89. The average molecular weight is 259 g/mol. The summed E-state index contributed by atoms with van der Waals surface area (Å²) in [4.78, 5) is 10.9. The minimum atomic E-state index is -3.31. The van der Waals surface area contributed by atoms with Gasteiger partial charge in [0.05, 0.1) is 18.2 Å². The van der Waals surface area contributed by atoms with Crippen LogP contribution in [0.4, 0.5) is 0 Å². The van der Waals surface area contributed by atoms with E-state index in [9.17, 15) is 13.2 Å². The highest BCUT2D eigenvalue weighted by Crippen LogP contribution is 2.26. The summed E-state index contributed by atoms with van der Waals surface area (Å²) in [5, 5.41) is 15.8. The van der Waals surface area contributed by atoms with E-state index >= 15 is 0 Å². The summed E-state index contributed by atoms with van der Waals surface area (Å²) in [6, 6.07) is 0. The predicted molar refractivity (Wildman–Crippen MR) is 58.4 cm³/mol. The van der Waals surface area contributed by atoms with E-state index in [4.69, 9.17) is 5.11 Å². The van der Waals surface area contributed by atoms with Gasteiger partial charge in [0.1, 0.15) is 4.90 Å². The molecule has 1 fully saturated rings. The van der Waals surface area contributed by atoms with Crippen molar-refractivity contribution < 1.29 is 18.3 Å².